The number of thiazole rings is 2. The summed E-state index contributed by atoms with van der Waals surface area (Å²) in [6.45, 7) is 0.573. The molecule has 4 nitrogen and oxygen atoms in total. The normalized spacial score (nSPS) is 15.4. The largest absolute Gasteiger partial charge is 0.378 e. The first-order chi connectivity index (χ1) is 8.28. The quantitative estimate of drug-likeness (QED) is 0.925. The summed E-state index contributed by atoms with van der Waals surface area (Å²) in [5.74, 6) is 0.620. The molecule has 0 bridgehead atoms. The van der Waals surface area contributed by atoms with E-state index >= 15 is 0 Å². The third kappa shape index (κ3) is 2.20. The molecule has 0 unspecified atom stereocenters. The van der Waals surface area contributed by atoms with E-state index in [1.54, 1.807) is 18.4 Å². The number of nitrogens with zero attached hydrogens (tertiary/aromatic N) is 2. The molecule has 2 aromatic rings. The standard InChI is InChI=1S/C11H13N3OS2/c1-15-4-8-14-9(6-2-3-6)10(17-8)7-5-16-11(12)13-7/h5-6H,2-4H2,1H3,(H2,12,13). The van der Waals surface area contributed by atoms with Gasteiger partial charge in [0.1, 0.15) is 5.01 Å². The molecule has 2 N–H and O–H groups in total. The molecule has 6 heteroatoms. The first kappa shape index (κ1) is 11.1. The molecule has 0 aromatic carbocycles. The van der Waals surface area contributed by atoms with Crippen LogP contribution in [0.3, 0.4) is 0 Å². The Balaban J connectivity index is 2.01. The molecule has 1 aliphatic carbocycles. The lowest BCUT2D eigenvalue weighted by atomic mass is 10.2. The molecule has 0 radical (unpaired) electrons. The van der Waals surface area contributed by atoms with Crippen molar-refractivity contribution in [2.24, 2.45) is 0 Å². The van der Waals surface area contributed by atoms with Gasteiger partial charge in [0, 0.05) is 18.4 Å². The highest BCUT2D eigenvalue weighted by Crippen LogP contribution is 2.46. The number of rotatable bonds is 4. The van der Waals surface area contributed by atoms with E-state index in [9.17, 15) is 0 Å². The Hall–Kier alpha value is -0.980. The zero-order valence-electron chi connectivity index (χ0n) is 9.47. The molecule has 1 saturated carbocycles. The van der Waals surface area contributed by atoms with Gasteiger partial charge in [-0.15, -0.1) is 22.7 Å². The molecular weight excluding hydrogens is 254 g/mol. The zero-order chi connectivity index (χ0) is 11.8. The van der Waals surface area contributed by atoms with Crippen LogP contribution in [0, 0.1) is 0 Å². The van der Waals surface area contributed by atoms with Gasteiger partial charge in [-0.2, -0.15) is 0 Å². The van der Waals surface area contributed by atoms with Crippen LogP contribution in [0.25, 0.3) is 10.6 Å². The van der Waals surface area contributed by atoms with Crippen molar-refractivity contribution in [3.8, 4) is 10.6 Å². The lowest BCUT2D eigenvalue weighted by Gasteiger charge is -1.94. The highest BCUT2D eigenvalue weighted by atomic mass is 32.1. The van der Waals surface area contributed by atoms with Crippen molar-refractivity contribution in [2.45, 2.75) is 25.4 Å². The van der Waals surface area contributed by atoms with Gasteiger partial charge in [0.2, 0.25) is 0 Å². The summed E-state index contributed by atoms with van der Waals surface area (Å²) in [5, 5.41) is 3.64. The molecule has 0 amide bonds. The van der Waals surface area contributed by atoms with Gasteiger partial charge in [-0.25, -0.2) is 9.97 Å². The molecule has 0 aliphatic heterocycles. The maximum atomic E-state index is 5.69. The van der Waals surface area contributed by atoms with Gasteiger partial charge in [-0.1, -0.05) is 0 Å². The van der Waals surface area contributed by atoms with E-state index in [0.29, 0.717) is 17.7 Å². The van der Waals surface area contributed by atoms with Crippen LogP contribution in [0.5, 0.6) is 0 Å². The van der Waals surface area contributed by atoms with Crippen LogP contribution in [-0.2, 0) is 11.3 Å². The maximum absolute atomic E-state index is 5.69. The maximum Gasteiger partial charge on any atom is 0.180 e. The summed E-state index contributed by atoms with van der Waals surface area (Å²) in [5.41, 5.74) is 7.84. The molecule has 1 aliphatic rings. The van der Waals surface area contributed by atoms with E-state index in [1.165, 1.54) is 34.7 Å². The Kier molecular flexibility index (Phi) is 2.85. The van der Waals surface area contributed by atoms with E-state index in [0.717, 1.165) is 10.7 Å². The lowest BCUT2D eigenvalue weighted by molar-refractivity contribution is 0.184. The number of hydrogen-bond donors (Lipinski definition) is 1. The summed E-state index contributed by atoms with van der Waals surface area (Å²) < 4.78 is 5.14. The van der Waals surface area contributed by atoms with Gasteiger partial charge in [-0.05, 0) is 12.8 Å². The highest BCUT2D eigenvalue weighted by Gasteiger charge is 2.30. The smallest absolute Gasteiger partial charge is 0.180 e. The number of anilines is 1. The van der Waals surface area contributed by atoms with Crippen molar-refractivity contribution in [3.05, 3.63) is 16.1 Å². The first-order valence-electron chi connectivity index (χ1n) is 5.48. The van der Waals surface area contributed by atoms with Crippen LogP contribution >= 0.6 is 22.7 Å². The fraction of sp³-hybridized carbons (Fsp3) is 0.455. The summed E-state index contributed by atoms with van der Waals surface area (Å²) in [6, 6.07) is 0. The van der Waals surface area contributed by atoms with Gasteiger partial charge in [-0.3, -0.25) is 0 Å². The molecule has 2 heterocycles. The zero-order valence-corrected chi connectivity index (χ0v) is 11.1. The molecule has 3 rings (SSSR count). The van der Waals surface area contributed by atoms with Crippen molar-refractivity contribution in [3.63, 3.8) is 0 Å². The molecule has 1 fully saturated rings. The number of nitrogens with two attached hydrogens (primary N) is 1. The third-order valence-corrected chi connectivity index (χ3v) is 4.43. The van der Waals surface area contributed by atoms with Gasteiger partial charge >= 0.3 is 0 Å². The predicted molar refractivity (Wildman–Crippen MR) is 70.3 cm³/mol. The predicted octanol–water partition coefficient (Wildman–Crippen LogP) is 2.87. The summed E-state index contributed by atoms with van der Waals surface area (Å²) >= 11 is 3.15. The van der Waals surface area contributed by atoms with Crippen molar-refractivity contribution in [2.75, 3.05) is 12.8 Å². The Morgan fingerprint density at radius 3 is 2.88 bits per heavy atom. The fourth-order valence-electron chi connectivity index (χ4n) is 1.77. The average Bonchev–Trinajstić information content (AvgIpc) is 2.93. The topological polar surface area (TPSA) is 61.0 Å². The van der Waals surface area contributed by atoms with E-state index in [-0.39, 0.29) is 0 Å². The Morgan fingerprint density at radius 1 is 1.47 bits per heavy atom. The minimum absolute atomic E-state index is 0.573. The van der Waals surface area contributed by atoms with Crippen molar-refractivity contribution < 1.29 is 4.74 Å². The van der Waals surface area contributed by atoms with Crippen molar-refractivity contribution in [1.29, 1.82) is 0 Å². The monoisotopic (exact) mass is 267 g/mol. The molecule has 90 valence electrons. The van der Waals surface area contributed by atoms with Crippen LogP contribution < -0.4 is 5.73 Å². The highest BCUT2D eigenvalue weighted by molar-refractivity contribution is 7.16. The van der Waals surface area contributed by atoms with E-state index in [1.807, 2.05) is 5.38 Å². The van der Waals surface area contributed by atoms with E-state index in [4.69, 9.17) is 10.5 Å². The number of hydrogen-bond acceptors (Lipinski definition) is 6. The van der Waals surface area contributed by atoms with Crippen LogP contribution in [-0.4, -0.2) is 17.1 Å². The van der Waals surface area contributed by atoms with Crippen LogP contribution in [0.2, 0.25) is 0 Å². The fourth-order valence-corrected chi connectivity index (χ4v) is 3.48. The minimum Gasteiger partial charge on any atom is -0.378 e. The summed E-state index contributed by atoms with van der Waals surface area (Å²) in [4.78, 5) is 10.2. The third-order valence-electron chi connectivity index (χ3n) is 2.68. The molecule has 0 atom stereocenters. The molecule has 17 heavy (non-hydrogen) atoms. The Morgan fingerprint density at radius 2 is 2.29 bits per heavy atom. The van der Waals surface area contributed by atoms with Gasteiger partial charge in [0.05, 0.1) is 22.9 Å². The summed E-state index contributed by atoms with van der Waals surface area (Å²) in [7, 11) is 1.69. The number of aromatic nitrogens is 2. The van der Waals surface area contributed by atoms with Crippen LogP contribution in [0.4, 0.5) is 5.13 Å². The van der Waals surface area contributed by atoms with Crippen LogP contribution in [0.15, 0.2) is 5.38 Å². The first-order valence-corrected chi connectivity index (χ1v) is 7.17. The average molecular weight is 267 g/mol. The summed E-state index contributed by atoms with van der Waals surface area (Å²) in [6.07, 6.45) is 2.48. The molecular formula is C11H13N3OS2. The second-order valence-corrected chi connectivity index (χ2v) is 6.07. The lowest BCUT2D eigenvalue weighted by Crippen LogP contribution is -1.88. The second-order valence-electron chi connectivity index (χ2n) is 4.10. The van der Waals surface area contributed by atoms with Crippen molar-refractivity contribution in [1.82, 2.24) is 9.97 Å². The van der Waals surface area contributed by atoms with E-state index < -0.39 is 0 Å². The number of methoxy groups -OCH3 is 1. The second kappa shape index (κ2) is 4.36. The SMILES string of the molecule is COCc1nc(C2CC2)c(-c2csc(N)n2)s1. The van der Waals surface area contributed by atoms with E-state index in [2.05, 4.69) is 9.97 Å². The minimum atomic E-state index is 0.573. The van der Waals surface area contributed by atoms with Gasteiger partial charge < -0.3 is 10.5 Å². The molecule has 2 aromatic heterocycles. The number of nitrogen functional groups attached to an aromatic ring is 1. The Bertz CT molecular complexity index is 531. The van der Waals surface area contributed by atoms with Crippen molar-refractivity contribution >= 4 is 27.8 Å². The Labute approximate surface area is 107 Å². The molecule has 0 spiro atoms. The van der Waals surface area contributed by atoms with Gasteiger partial charge in [0.15, 0.2) is 5.13 Å². The number of ether oxygens (including phenoxy) is 1. The molecule has 0 saturated heterocycles. The van der Waals surface area contributed by atoms with Crippen LogP contribution in [0.1, 0.15) is 29.5 Å². The van der Waals surface area contributed by atoms with Gasteiger partial charge in [0.25, 0.3) is 0 Å².